The normalized spacial score (nSPS) is 17.4. The molecule has 0 aliphatic heterocycles. The molecule has 2 nitrogen and oxygen atoms in total. The molecule has 92 valence electrons. The average molecular weight is 260 g/mol. The van der Waals surface area contributed by atoms with Gasteiger partial charge in [0.15, 0.2) is 11.6 Å². The lowest BCUT2D eigenvalue weighted by Gasteiger charge is -2.41. The predicted molar refractivity (Wildman–Crippen MR) is 61.1 cm³/mol. The second kappa shape index (κ2) is 4.61. The van der Waals surface area contributed by atoms with E-state index in [4.69, 9.17) is 11.6 Å². The SMILES string of the molecule is O=C(NC1(CCl)CCC1)c1ccc(F)c(F)c1. The van der Waals surface area contributed by atoms with Crippen LogP contribution in [0.5, 0.6) is 0 Å². The maximum atomic E-state index is 13.0. The van der Waals surface area contributed by atoms with Crippen LogP contribution < -0.4 is 5.32 Å². The molecule has 0 aromatic heterocycles. The van der Waals surface area contributed by atoms with E-state index in [-0.39, 0.29) is 11.1 Å². The summed E-state index contributed by atoms with van der Waals surface area (Å²) in [5.74, 6) is -2.06. The Bertz CT molecular complexity index is 441. The summed E-state index contributed by atoms with van der Waals surface area (Å²) in [7, 11) is 0. The fourth-order valence-electron chi connectivity index (χ4n) is 1.85. The summed E-state index contributed by atoms with van der Waals surface area (Å²) in [5.41, 5.74) is -0.260. The van der Waals surface area contributed by atoms with Gasteiger partial charge in [-0.05, 0) is 37.5 Å². The minimum absolute atomic E-state index is 0.111. The molecule has 17 heavy (non-hydrogen) atoms. The van der Waals surface area contributed by atoms with E-state index < -0.39 is 17.5 Å². The van der Waals surface area contributed by atoms with Gasteiger partial charge in [0, 0.05) is 11.4 Å². The van der Waals surface area contributed by atoms with Crippen molar-refractivity contribution in [3.63, 3.8) is 0 Å². The fourth-order valence-corrected chi connectivity index (χ4v) is 2.18. The highest BCUT2D eigenvalue weighted by Gasteiger charge is 2.37. The van der Waals surface area contributed by atoms with Gasteiger partial charge in [0.25, 0.3) is 5.91 Å². The van der Waals surface area contributed by atoms with Gasteiger partial charge in [-0.15, -0.1) is 11.6 Å². The number of amides is 1. The van der Waals surface area contributed by atoms with Crippen LogP contribution >= 0.6 is 11.6 Å². The molecule has 2 rings (SSSR count). The van der Waals surface area contributed by atoms with E-state index in [0.29, 0.717) is 5.88 Å². The second-order valence-corrected chi connectivity index (χ2v) is 4.62. The van der Waals surface area contributed by atoms with E-state index in [1.165, 1.54) is 6.07 Å². The largest absolute Gasteiger partial charge is 0.345 e. The molecule has 1 aromatic carbocycles. The molecule has 0 spiro atoms. The molecule has 0 radical (unpaired) electrons. The number of carbonyl (C=O) groups excluding carboxylic acids is 1. The van der Waals surface area contributed by atoms with Crippen molar-refractivity contribution in [2.45, 2.75) is 24.8 Å². The number of halogens is 3. The number of carbonyl (C=O) groups is 1. The van der Waals surface area contributed by atoms with E-state index in [0.717, 1.165) is 31.4 Å². The number of nitrogens with one attached hydrogen (secondary N) is 1. The van der Waals surface area contributed by atoms with Gasteiger partial charge in [-0.2, -0.15) is 0 Å². The van der Waals surface area contributed by atoms with Gasteiger partial charge < -0.3 is 5.32 Å². The molecule has 1 aliphatic rings. The summed E-state index contributed by atoms with van der Waals surface area (Å²) < 4.78 is 25.7. The Morgan fingerprint density at radius 1 is 1.35 bits per heavy atom. The van der Waals surface area contributed by atoms with Crippen LogP contribution in [0.25, 0.3) is 0 Å². The monoisotopic (exact) mass is 259 g/mol. The lowest BCUT2D eigenvalue weighted by molar-refractivity contribution is 0.0853. The van der Waals surface area contributed by atoms with Crippen LogP contribution in [-0.2, 0) is 0 Å². The molecule has 1 amide bonds. The molecule has 1 aromatic rings. The van der Waals surface area contributed by atoms with Crippen molar-refractivity contribution in [3.05, 3.63) is 35.4 Å². The first-order chi connectivity index (χ1) is 8.06. The Hall–Kier alpha value is -1.16. The molecule has 0 unspecified atom stereocenters. The molecule has 0 bridgehead atoms. The van der Waals surface area contributed by atoms with Gasteiger partial charge in [0.2, 0.25) is 0 Å². The summed E-state index contributed by atoms with van der Waals surface area (Å²) in [6.45, 7) is 0. The second-order valence-electron chi connectivity index (χ2n) is 4.35. The number of alkyl halides is 1. The highest BCUT2D eigenvalue weighted by molar-refractivity contribution is 6.19. The van der Waals surface area contributed by atoms with Gasteiger partial charge in [0.1, 0.15) is 0 Å². The van der Waals surface area contributed by atoms with Crippen LogP contribution in [0.3, 0.4) is 0 Å². The first kappa shape index (κ1) is 12.3. The minimum Gasteiger partial charge on any atom is -0.345 e. The van der Waals surface area contributed by atoms with E-state index in [1.807, 2.05) is 0 Å². The third kappa shape index (κ3) is 2.41. The fraction of sp³-hybridized carbons (Fsp3) is 0.417. The van der Waals surface area contributed by atoms with Gasteiger partial charge >= 0.3 is 0 Å². The smallest absolute Gasteiger partial charge is 0.251 e. The topological polar surface area (TPSA) is 29.1 Å². The number of benzene rings is 1. The maximum absolute atomic E-state index is 13.0. The van der Waals surface area contributed by atoms with Crippen molar-refractivity contribution in [3.8, 4) is 0 Å². The molecule has 5 heteroatoms. The zero-order valence-corrected chi connectivity index (χ0v) is 9.86. The molecule has 1 saturated carbocycles. The van der Waals surface area contributed by atoms with Gasteiger partial charge in [-0.25, -0.2) is 8.78 Å². The summed E-state index contributed by atoms with van der Waals surface area (Å²) in [6.07, 6.45) is 2.67. The maximum Gasteiger partial charge on any atom is 0.251 e. The Morgan fingerprint density at radius 3 is 2.53 bits per heavy atom. The zero-order valence-electron chi connectivity index (χ0n) is 9.10. The molecular weight excluding hydrogens is 248 g/mol. The zero-order chi connectivity index (χ0) is 12.5. The van der Waals surface area contributed by atoms with Crippen molar-refractivity contribution >= 4 is 17.5 Å². The Balaban J connectivity index is 2.11. The first-order valence-corrected chi connectivity index (χ1v) is 5.93. The summed E-state index contributed by atoms with van der Waals surface area (Å²) in [4.78, 5) is 11.8. The van der Waals surface area contributed by atoms with Gasteiger partial charge in [-0.1, -0.05) is 0 Å². The van der Waals surface area contributed by atoms with Gasteiger partial charge in [0.05, 0.1) is 5.54 Å². The molecule has 0 atom stereocenters. The van der Waals surface area contributed by atoms with E-state index in [9.17, 15) is 13.6 Å². The standard InChI is InChI=1S/C12H12ClF2NO/c13-7-12(4-1-5-12)16-11(17)8-2-3-9(14)10(15)6-8/h2-3,6H,1,4-5,7H2,(H,16,17). The third-order valence-electron chi connectivity index (χ3n) is 3.13. The van der Waals surface area contributed by atoms with Crippen molar-refractivity contribution in [2.75, 3.05) is 5.88 Å². The quantitative estimate of drug-likeness (QED) is 0.831. The van der Waals surface area contributed by atoms with Crippen LogP contribution in [0.2, 0.25) is 0 Å². The minimum atomic E-state index is -1.02. The molecular formula is C12H12ClF2NO. The highest BCUT2D eigenvalue weighted by atomic mass is 35.5. The lowest BCUT2D eigenvalue weighted by Crippen LogP contribution is -2.55. The van der Waals surface area contributed by atoms with E-state index in [1.54, 1.807) is 0 Å². The van der Waals surface area contributed by atoms with Crippen molar-refractivity contribution in [1.29, 1.82) is 0 Å². The molecule has 1 fully saturated rings. The Kier molecular flexibility index (Phi) is 3.33. The van der Waals surface area contributed by atoms with Gasteiger partial charge in [-0.3, -0.25) is 4.79 Å². The highest BCUT2D eigenvalue weighted by Crippen LogP contribution is 2.33. The van der Waals surface area contributed by atoms with Crippen molar-refractivity contribution in [1.82, 2.24) is 5.32 Å². The number of rotatable bonds is 3. The number of hydrogen-bond donors (Lipinski definition) is 1. The van der Waals surface area contributed by atoms with Crippen LogP contribution in [0.4, 0.5) is 8.78 Å². The molecule has 1 aliphatic carbocycles. The van der Waals surface area contributed by atoms with Crippen LogP contribution in [0, 0.1) is 11.6 Å². The molecule has 0 heterocycles. The first-order valence-electron chi connectivity index (χ1n) is 5.40. The molecule has 1 N–H and O–H groups in total. The van der Waals surface area contributed by atoms with Crippen LogP contribution in [0.15, 0.2) is 18.2 Å². The Labute approximate surface area is 103 Å². The van der Waals surface area contributed by atoms with E-state index in [2.05, 4.69) is 5.32 Å². The number of hydrogen-bond acceptors (Lipinski definition) is 1. The summed E-state index contributed by atoms with van der Waals surface area (Å²) in [5, 5.41) is 2.78. The predicted octanol–water partition coefficient (Wildman–Crippen LogP) is 2.86. The molecule has 0 saturated heterocycles. The van der Waals surface area contributed by atoms with Crippen molar-refractivity contribution in [2.24, 2.45) is 0 Å². The summed E-state index contributed by atoms with van der Waals surface area (Å²) >= 11 is 5.80. The third-order valence-corrected chi connectivity index (χ3v) is 3.64. The van der Waals surface area contributed by atoms with E-state index >= 15 is 0 Å². The Morgan fingerprint density at radius 2 is 2.06 bits per heavy atom. The van der Waals surface area contributed by atoms with Crippen LogP contribution in [-0.4, -0.2) is 17.3 Å². The summed E-state index contributed by atoms with van der Waals surface area (Å²) in [6, 6.07) is 3.10. The lowest BCUT2D eigenvalue weighted by atomic mass is 9.78. The van der Waals surface area contributed by atoms with Crippen LogP contribution in [0.1, 0.15) is 29.6 Å². The average Bonchev–Trinajstić information content (AvgIpc) is 2.27. The van der Waals surface area contributed by atoms with Crippen molar-refractivity contribution < 1.29 is 13.6 Å².